The highest BCUT2D eigenvalue weighted by Crippen LogP contribution is 2.54. The number of alkyl carbamates (subject to hydrolysis) is 1. The van der Waals surface area contributed by atoms with Crippen LogP contribution < -0.4 is 21.7 Å². The molecule has 2 aliphatic carbocycles. The molecule has 4 rings (SSSR count). The van der Waals surface area contributed by atoms with E-state index in [2.05, 4.69) is 20.7 Å². The summed E-state index contributed by atoms with van der Waals surface area (Å²) in [4.78, 5) is 48.4. The summed E-state index contributed by atoms with van der Waals surface area (Å²) in [7, 11) is -3.10. The number of amides is 4. The van der Waals surface area contributed by atoms with Crippen LogP contribution in [-0.2, 0) is 24.2 Å². The van der Waals surface area contributed by atoms with E-state index in [-0.39, 0.29) is 53.6 Å². The van der Waals surface area contributed by atoms with Crippen LogP contribution in [0.3, 0.4) is 0 Å². The number of primary amides is 1. The molecule has 17 heteroatoms. The number of sulfone groups is 1. The predicted octanol–water partition coefficient (Wildman–Crippen LogP) is 3.06. The van der Waals surface area contributed by atoms with Gasteiger partial charge in [0.2, 0.25) is 11.8 Å². The zero-order valence-electron chi connectivity index (χ0n) is 25.3. The highest BCUT2D eigenvalue weighted by molar-refractivity contribution is 7.92. The lowest BCUT2D eigenvalue weighted by atomic mass is 9.73. The number of rotatable bonds is 11. The number of nitrogens with two attached hydrogens (primary N) is 1. The Kier molecular flexibility index (Phi) is 10.8. The van der Waals surface area contributed by atoms with Crippen LogP contribution in [0.15, 0.2) is 35.2 Å². The minimum atomic E-state index is -4.20. The molecule has 4 amide bonds. The van der Waals surface area contributed by atoms with Crippen molar-refractivity contribution in [3.63, 3.8) is 0 Å². The van der Waals surface area contributed by atoms with E-state index < -0.39 is 85.5 Å². The molecule has 0 saturated heterocycles. The van der Waals surface area contributed by atoms with Crippen molar-refractivity contribution in [1.29, 1.82) is 0 Å². The summed E-state index contributed by atoms with van der Waals surface area (Å²) in [6, 6.07) is 3.41. The number of hydrogen-bond acceptors (Lipinski definition) is 8. The Balaban J connectivity index is 1.50. The van der Waals surface area contributed by atoms with E-state index in [0.29, 0.717) is 18.6 Å². The van der Waals surface area contributed by atoms with Crippen LogP contribution in [0.4, 0.5) is 23.7 Å². The third-order valence-corrected chi connectivity index (χ3v) is 11.6. The first kappa shape index (κ1) is 36.0. The topological polar surface area (TPSA) is 194 Å². The van der Waals surface area contributed by atoms with Gasteiger partial charge in [0.25, 0.3) is 5.91 Å². The van der Waals surface area contributed by atoms with Gasteiger partial charge in [-0.25, -0.2) is 26.4 Å². The second kappa shape index (κ2) is 14.1. The van der Waals surface area contributed by atoms with Crippen LogP contribution >= 0.6 is 11.6 Å². The number of hydrogen-bond donors (Lipinski definition) is 5. The van der Waals surface area contributed by atoms with E-state index >= 15 is 0 Å². The Morgan fingerprint density at radius 3 is 2.36 bits per heavy atom. The number of ether oxygens (including phenoxy) is 1. The number of halogens is 4. The molecule has 0 aromatic heterocycles. The SMILES string of the molecule is COC(=O)N[C@@H](CCC(N)=O)C(=O)NC[C@@]1(O)C2C[C@@H](S(=O)(=O)c3cc(C(=O)Nc4cc(F)c(F)c(F)c4)ccc3Cl)CC1[C@@H](C)C2. The van der Waals surface area contributed by atoms with Gasteiger partial charge in [-0.15, -0.1) is 0 Å². The molecule has 12 nitrogen and oxygen atoms in total. The van der Waals surface area contributed by atoms with Crippen LogP contribution in [0.5, 0.6) is 0 Å². The molecule has 0 heterocycles. The largest absolute Gasteiger partial charge is 0.453 e. The normalized spacial score (nSPS) is 24.2. The van der Waals surface area contributed by atoms with E-state index in [9.17, 15) is 45.9 Å². The predicted molar refractivity (Wildman–Crippen MR) is 162 cm³/mol. The number of benzene rings is 2. The summed E-state index contributed by atoms with van der Waals surface area (Å²) in [5, 5.41) is 17.7. The first-order valence-electron chi connectivity index (χ1n) is 14.6. The number of carbonyl (C=O) groups excluding carboxylic acids is 4. The molecule has 2 aliphatic rings. The average Bonchev–Trinajstić information content (AvgIpc) is 3.12. The Morgan fingerprint density at radius 1 is 1.11 bits per heavy atom. The summed E-state index contributed by atoms with van der Waals surface area (Å²) >= 11 is 6.29. The molecular weight excluding hydrogens is 669 g/mol. The molecule has 2 unspecified atom stereocenters. The lowest BCUT2D eigenvalue weighted by molar-refractivity contribution is -0.127. The molecule has 0 spiro atoms. The highest BCUT2D eigenvalue weighted by Gasteiger charge is 2.58. The molecule has 2 fully saturated rings. The van der Waals surface area contributed by atoms with Gasteiger partial charge >= 0.3 is 6.09 Å². The van der Waals surface area contributed by atoms with E-state index in [0.717, 1.165) is 13.2 Å². The number of carbonyl (C=O) groups is 4. The molecule has 2 aromatic carbocycles. The molecule has 2 aromatic rings. The highest BCUT2D eigenvalue weighted by atomic mass is 35.5. The number of anilines is 1. The number of fused-ring (bicyclic) bond motifs is 2. The Morgan fingerprint density at radius 2 is 1.77 bits per heavy atom. The van der Waals surface area contributed by atoms with Gasteiger partial charge in [0.1, 0.15) is 6.04 Å². The molecule has 47 heavy (non-hydrogen) atoms. The van der Waals surface area contributed by atoms with E-state index in [1.54, 1.807) is 0 Å². The zero-order valence-corrected chi connectivity index (χ0v) is 26.9. The van der Waals surface area contributed by atoms with Gasteiger partial charge in [-0.2, -0.15) is 0 Å². The van der Waals surface area contributed by atoms with Crippen molar-refractivity contribution in [3.8, 4) is 0 Å². The molecule has 6 N–H and O–H groups in total. The maximum atomic E-state index is 13.9. The fraction of sp³-hybridized carbons (Fsp3) is 0.467. The fourth-order valence-electron chi connectivity index (χ4n) is 6.56. The zero-order chi connectivity index (χ0) is 34.8. The van der Waals surface area contributed by atoms with Crippen LogP contribution in [-0.4, -0.2) is 67.9 Å². The summed E-state index contributed by atoms with van der Waals surface area (Å²) < 4.78 is 72.9. The lowest BCUT2D eigenvalue weighted by Gasteiger charge is -2.43. The van der Waals surface area contributed by atoms with Gasteiger partial charge in [-0.05, 0) is 61.6 Å². The second-order valence-corrected chi connectivity index (χ2v) is 14.5. The molecule has 6 atom stereocenters. The monoisotopic (exact) mass is 702 g/mol. The Hall–Kier alpha value is -3.89. The van der Waals surface area contributed by atoms with Crippen molar-refractivity contribution < 1.29 is 50.6 Å². The molecule has 0 radical (unpaired) electrons. The Bertz CT molecular complexity index is 1670. The van der Waals surface area contributed by atoms with Gasteiger partial charge in [0, 0.05) is 36.3 Å². The quantitative estimate of drug-likeness (QED) is 0.221. The van der Waals surface area contributed by atoms with Crippen molar-refractivity contribution >= 4 is 50.9 Å². The van der Waals surface area contributed by atoms with Crippen molar-refractivity contribution in [3.05, 3.63) is 58.4 Å². The van der Waals surface area contributed by atoms with Crippen LogP contribution in [0.2, 0.25) is 5.02 Å². The minimum absolute atomic E-state index is 0.00122. The summed E-state index contributed by atoms with van der Waals surface area (Å²) in [6.45, 7) is 1.61. The maximum absolute atomic E-state index is 13.9. The van der Waals surface area contributed by atoms with Gasteiger partial charge in [-0.3, -0.25) is 14.4 Å². The van der Waals surface area contributed by atoms with Gasteiger partial charge in [0.15, 0.2) is 27.3 Å². The number of nitrogens with one attached hydrogen (secondary N) is 3. The molecule has 256 valence electrons. The third-order valence-electron chi connectivity index (χ3n) is 8.96. The third kappa shape index (κ3) is 7.65. The minimum Gasteiger partial charge on any atom is -0.453 e. The van der Waals surface area contributed by atoms with Crippen molar-refractivity contribution in [2.45, 2.75) is 60.8 Å². The first-order valence-corrected chi connectivity index (χ1v) is 16.5. The molecule has 2 saturated carbocycles. The van der Waals surface area contributed by atoms with Gasteiger partial charge in [0.05, 0.1) is 27.9 Å². The van der Waals surface area contributed by atoms with E-state index in [1.165, 1.54) is 12.1 Å². The number of methoxy groups -OCH3 is 1. The fourth-order valence-corrected chi connectivity index (χ4v) is 8.93. The summed E-state index contributed by atoms with van der Waals surface area (Å²) in [6.07, 6.45) is -0.779. The van der Waals surface area contributed by atoms with Crippen LogP contribution in [0.25, 0.3) is 0 Å². The molecular formula is C30H34ClF3N4O8S. The van der Waals surface area contributed by atoms with Crippen molar-refractivity contribution in [1.82, 2.24) is 10.6 Å². The maximum Gasteiger partial charge on any atom is 0.407 e. The summed E-state index contributed by atoms with van der Waals surface area (Å²) in [5.74, 6) is -8.36. The van der Waals surface area contributed by atoms with Crippen LogP contribution in [0, 0.1) is 35.2 Å². The smallest absolute Gasteiger partial charge is 0.407 e. The first-order chi connectivity index (χ1) is 22.0. The lowest BCUT2D eigenvalue weighted by Crippen LogP contribution is -2.57. The Labute approximate surface area is 273 Å². The van der Waals surface area contributed by atoms with Gasteiger partial charge in [-0.1, -0.05) is 18.5 Å². The van der Waals surface area contributed by atoms with Crippen LogP contribution in [0.1, 0.15) is 49.4 Å². The van der Waals surface area contributed by atoms with Gasteiger partial charge < -0.3 is 31.5 Å². The van der Waals surface area contributed by atoms with E-state index in [1.807, 2.05) is 6.92 Å². The van der Waals surface area contributed by atoms with E-state index in [4.69, 9.17) is 17.3 Å². The standard InChI is InChI=1S/C30H34ClF3N4O8S/c1-14-7-16-9-18(12-19(14)30(16,43)13-36-28(41)23(5-6-25(35)39)38-29(42)46-2)47(44,45)24-8-15(3-4-20(24)31)27(40)37-17-10-21(32)26(34)22(33)11-17/h3-4,8,10-11,14,16,18-19,23,43H,5-7,9,12-13H2,1-2H3,(H2,35,39)(H,36,41)(H,37,40)(H,38,42)/t14-,16?,18+,19?,23-,30+/m0/s1. The van der Waals surface area contributed by atoms with Crippen molar-refractivity contribution in [2.24, 2.45) is 23.5 Å². The number of aliphatic hydroxyl groups is 1. The average molecular weight is 703 g/mol. The molecule has 0 aliphatic heterocycles. The second-order valence-electron chi connectivity index (χ2n) is 11.9. The summed E-state index contributed by atoms with van der Waals surface area (Å²) in [5.41, 5.74) is 3.09. The molecule has 2 bridgehead atoms. The van der Waals surface area contributed by atoms with Crippen molar-refractivity contribution in [2.75, 3.05) is 19.0 Å².